The van der Waals surface area contributed by atoms with Crippen molar-refractivity contribution < 1.29 is 0 Å². The second-order valence-corrected chi connectivity index (χ2v) is 14.4. The third-order valence-electron chi connectivity index (χ3n) is 11.3. The van der Waals surface area contributed by atoms with E-state index in [1.807, 2.05) is 24.3 Å². The molecule has 0 amide bonds. The van der Waals surface area contributed by atoms with Crippen LogP contribution in [0, 0.1) is 0 Å². The second kappa shape index (κ2) is 11.9. The van der Waals surface area contributed by atoms with Gasteiger partial charge in [-0.15, -0.1) is 0 Å². The first-order valence-corrected chi connectivity index (χ1v) is 19.0. The topological polar surface area (TPSA) is 48.0 Å². The smallest absolute Gasteiger partial charge is 0.164 e. The molecule has 0 aliphatic rings. The average Bonchev–Trinajstić information content (AvgIpc) is 3.92. The Morgan fingerprint density at radius 2 is 0.821 bits per heavy atom. The van der Waals surface area contributed by atoms with Crippen molar-refractivity contribution in [1.29, 1.82) is 0 Å². The molecule has 260 valence electrons. The summed E-state index contributed by atoms with van der Waals surface area (Å²) in [7, 11) is 0. The monoisotopic (exact) mass is 713 g/mol. The Kier molecular flexibility index (Phi) is 6.56. The number of fused-ring (bicyclic) bond motifs is 9. The van der Waals surface area contributed by atoms with Crippen molar-refractivity contribution in [2.24, 2.45) is 0 Å². The highest BCUT2D eigenvalue weighted by atomic mass is 15.0. The van der Waals surface area contributed by atoms with E-state index >= 15 is 0 Å². The van der Waals surface area contributed by atoms with Gasteiger partial charge < -0.3 is 8.97 Å². The van der Waals surface area contributed by atoms with Gasteiger partial charge in [-0.2, -0.15) is 0 Å². The lowest BCUT2D eigenvalue weighted by Gasteiger charge is -2.11. The van der Waals surface area contributed by atoms with E-state index < -0.39 is 0 Å². The molecule has 0 saturated carbocycles. The van der Waals surface area contributed by atoms with Crippen molar-refractivity contribution in [2.75, 3.05) is 0 Å². The van der Waals surface area contributed by atoms with Crippen LogP contribution in [-0.2, 0) is 0 Å². The van der Waals surface area contributed by atoms with Crippen LogP contribution in [-0.4, -0.2) is 23.9 Å². The molecule has 0 radical (unpaired) electrons. The Labute approximate surface area is 321 Å². The van der Waals surface area contributed by atoms with Gasteiger partial charge in [0.25, 0.3) is 0 Å². The quantitative estimate of drug-likeness (QED) is 0.178. The fraction of sp³-hybridized carbons (Fsp3) is 0. The van der Waals surface area contributed by atoms with E-state index in [4.69, 9.17) is 15.0 Å². The summed E-state index contributed by atoms with van der Waals surface area (Å²) in [5.41, 5.74) is 12.2. The van der Waals surface area contributed by atoms with Gasteiger partial charge in [-0.1, -0.05) is 140 Å². The first-order chi connectivity index (χ1) is 27.8. The number of nitrogens with zero attached hydrogens (tertiary/aromatic N) is 5. The van der Waals surface area contributed by atoms with Crippen LogP contribution in [0.15, 0.2) is 188 Å². The molecule has 0 bridgehead atoms. The molecule has 8 aromatic carbocycles. The van der Waals surface area contributed by atoms with Crippen molar-refractivity contribution in [2.45, 2.75) is 0 Å². The third kappa shape index (κ3) is 4.52. The normalized spacial score (nSPS) is 11.9. The van der Waals surface area contributed by atoms with Gasteiger partial charge in [-0.3, -0.25) is 0 Å². The van der Waals surface area contributed by atoms with Crippen LogP contribution in [0.3, 0.4) is 0 Å². The van der Waals surface area contributed by atoms with Crippen LogP contribution in [0.2, 0.25) is 0 Å². The molecule has 0 fully saturated rings. The SMILES string of the molecule is c1ccc(-c2cccc(-c3nc(-c4ccccc4)nc(-c4ccc5c(c4)c4ccccc4n5-c4cccc5c4c4cccc6c7ccccc7n5c64)n3)c2)cc1. The van der Waals surface area contributed by atoms with Gasteiger partial charge in [0, 0.05) is 49.0 Å². The third-order valence-corrected chi connectivity index (χ3v) is 11.3. The first-order valence-electron chi connectivity index (χ1n) is 19.0. The van der Waals surface area contributed by atoms with Crippen LogP contribution in [0.25, 0.3) is 111 Å². The molecule has 5 heteroatoms. The zero-order valence-corrected chi connectivity index (χ0v) is 30.1. The van der Waals surface area contributed by atoms with E-state index in [-0.39, 0.29) is 0 Å². The van der Waals surface area contributed by atoms with Crippen molar-refractivity contribution in [3.63, 3.8) is 0 Å². The number of para-hydroxylation sites is 3. The number of hydrogen-bond acceptors (Lipinski definition) is 3. The van der Waals surface area contributed by atoms with Crippen LogP contribution in [0.5, 0.6) is 0 Å². The Morgan fingerprint density at radius 1 is 0.304 bits per heavy atom. The lowest BCUT2D eigenvalue weighted by Crippen LogP contribution is -2.00. The van der Waals surface area contributed by atoms with E-state index in [0.717, 1.165) is 49.9 Å². The molecule has 0 unspecified atom stereocenters. The summed E-state index contributed by atoms with van der Waals surface area (Å²) >= 11 is 0. The number of aromatic nitrogens is 5. The summed E-state index contributed by atoms with van der Waals surface area (Å²) in [5, 5.41) is 7.39. The molecule has 0 saturated heterocycles. The Balaban J connectivity index is 1.08. The molecule has 4 heterocycles. The zero-order valence-electron chi connectivity index (χ0n) is 30.1. The van der Waals surface area contributed by atoms with Crippen LogP contribution in [0.4, 0.5) is 0 Å². The molecule has 0 N–H and O–H groups in total. The molecule has 0 atom stereocenters. The fourth-order valence-corrected chi connectivity index (χ4v) is 8.84. The van der Waals surface area contributed by atoms with E-state index in [1.54, 1.807) is 0 Å². The molecule has 0 aliphatic carbocycles. The summed E-state index contributed by atoms with van der Waals surface area (Å²) in [6, 6.07) is 66.6. The number of hydrogen-bond donors (Lipinski definition) is 0. The number of benzene rings is 8. The minimum absolute atomic E-state index is 0.635. The molecule has 5 nitrogen and oxygen atoms in total. The highest BCUT2D eigenvalue weighted by Crippen LogP contribution is 2.43. The standard InChI is InChI=1S/C51H31N5/c1-3-14-32(15-4-1)34-18-11-19-35(30-34)50-52-49(33-16-5-2-6-17-33)53-51(54-50)36-28-29-44-41(31-36)38-21-8-9-24-42(38)55(44)45-26-13-27-46-47(45)40-23-12-22-39-37-20-7-10-25-43(37)56(46)48(39)40/h1-31H. The lowest BCUT2D eigenvalue weighted by atomic mass is 10.0. The predicted octanol–water partition coefficient (Wildman–Crippen LogP) is 12.8. The van der Waals surface area contributed by atoms with Crippen LogP contribution >= 0.6 is 0 Å². The minimum atomic E-state index is 0.635. The summed E-state index contributed by atoms with van der Waals surface area (Å²) in [5.74, 6) is 1.92. The van der Waals surface area contributed by atoms with Gasteiger partial charge in [0.1, 0.15) is 0 Å². The largest absolute Gasteiger partial charge is 0.309 e. The van der Waals surface area contributed by atoms with Gasteiger partial charge >= 0.3 is 0 Å². The maximum absolute atomic E-state index is 5.17. The van der Waals surface area contributed by atoms with E-state index in [1.165, 1.54) is 43.5 Å². The predicted molar refractivity (Wildman–Crippen MR) is 231 cm³/mol. The van der Waals surface area contributed by atoms with Gasteiger partial charge in [0.2, 0.25) is 0 Å². The van der Waals surface area contributed by atoms with Crippen molar-refractivity contribution in [3.05, 3.63) is 188 Å². The summed E-state index contributed by atoms with van der Waals surface area (Å²) < 4.78 is 4.88. The lowest BCUT2D eigenvalue weighted by molar-refractivity contribution is 1.07. The van der Waals surface area contributed by atoms with E-state index in [9.17, 15) is 0 Å². The Morgan fingerprint density at radius 3 is 1.61 bits per heavy atom. The minimum Gasteiger partial charge on any atom is -0.309 e. The average molecular weight is 714 g/mol. The van der Waals surface area contributed by atoms with E-state index in [0.29, 0.717) is 17.5 Å². The summed E-state index contributed by atoms with van der Waals surface area (Å²) in [6.07, 6.45) is 0. The van der Waals surface area contributed by atoms with Crippen LogP contribution < -0.4 is 0 Å². The zero-order chi connectivity index (χ0) is 36.7. The molecule has 12 aromatic rings. The molecule has 12 rings (SSSR count). The highest BCUT2D eigenvalue weighted by molar-refractivity contribution is 6.25. The summed E-state index contributed by atoms with van der Waals surface area (Å²) in [4.78, 5) is 15.3. The molecule has 4 aromatic heterocycles. The number of rotatable bonds is 5. The first kappa shape index (κ1) is 30.8. The maximum atomic E-state index is 5.17. The van der Waals surface area contributed by atoms with Crippen molar-refractivity contribution in [1.82, 2.24) is 23.9 Å². The van der Waals surface area contributed by atoms with Crippen LogP contribution in [0.1, 0.15) is 0 Å². The molecule has 0 aliphatic heterocycles. The van der Waals surface area contributed by atoms with Gasteiger partial charge in [0.05, 0.1) is 33.3 Å². The molecular weight excluding hydrogens is 683 g/mol. The van der Waals surface area contributed by atoms with Crippen molar-refractivity contribution >= 4 is 59.9 Å². The molecule has 56 heavy (non-hydrogen) atoms. The van der Waals surface area contributed by atoms with Gasteiger partial charge in [-0.05, 0) is 59.7 Å². The van der Waals surface area contributed by atoms with Gasteiger partial charge in [-0.25, -0.2) is 15.0 Å². The van der Waals surface area contributed by atoms with E-state index in [2.05, 4.69) is 173 Å². The molecule has 0 spiro atoms. The maximum Gasteiger partial charge on any atom is 0.164 e. The fourth-order valence-electron chi connectivity index (χ4n) is 8.84. The second-order valence-electron chi connectivity index (χ2n) is 14.4. The highest BCUT2D eigenvalue weighted by Gasteiger charge is 2.22. The Hall–Kier alpha value is -7.63. The molecular formula is C51H31N5. The van der Waals surface area contributed by atoms with Crippen molar-refractivity contribution in [3.8, 4) is 51.0 Å². The van der Waals surface area contributed by atoms with Gasteiger partial charge in [0.15, 0.2) is 17.5 Å². The summed E-state index contributed by atoms with van der Waals surface area (Å²) in [6.45, 7) is 0. The Bertz CT molecular complexity index is 3470.